The SMILES string of the molecule is COc1ccc(C2=CN3C(=O)c4cc(OC)c(OCCCOc5cc6c(cc5OC)C(=O)N5CC7(CC7)C[C@H]5C(O)N6C(=O)OCc5ccc(NC(=O)[C@H](C)NC(=O)[C@@H](CC(=O)COCCOCCCC(=O)CCC(=O)N6Cc7ccccc7C#Cc7ccccc76)C(C)C)cc5)cc4CC[C@@H]3C2)cc1. The Morgan fingerprint density at radius 3 is 2.09 bits per heavy atom. The van der Waals surface area contributed by atoms with Crippen LogP contribution < -0.4 is 44.1 Å². The summed E-state index contributed by atoms with van der Waals surface area (Å²) < 4.78 is 46.6. The Balaban J connectivity index is 0.579. The summed E-state index contributed by atoms with van der Waals surface area (Å²) >= 11 is 0. The van der Waals surface area contributed by atoms with Crippen molar-refractivity contribution in [2.24, 2.45) is 17.3 Å². The molecule has 1 unspecified atom stereocenters. The topological polar surface area (TPSA) is 268 Å². The number of fused-ring (bicyclic) bond motifs is 6. The smallest absolute Gasteiger partial charge is 0.416 e. The maximum Gasteiger partial charge on any atom is 0.416 e. The number of hydrogen-bond donors (Lipinski definition) is 3. The van der Waals surface area contributed by atoms with Crippen LogP contribution in [0.1, 0.15) is 145 Å². The lowest BCUT2D eigenvalue weighted by Gasteiger charge is -2.31. The Morgan fingerprint density at radius 1 is 0.667 bits per heavy atom. The molecular formula is C82H90N6O17. The van der Waals surface area contributed by atoms with E-state index in [1.54, 1.807) is 47.2 Å². The van der Waals surface area contributed by atoms with Crippen molar-refractivity contribution in [3.63, 3.8) is 0 Å². The molecule has 12 rings (SSSR count). The zero-order valence-corrected chi connectivity index (χ0v) is 60.2. The average molecular weight is 1430 g/mol. The number of hydrogen-bond acceptors (Lipinski definition) is 17. The summed E-state index contributed by atoms with van der Waals surface area (Å²) in [5, 5.41) is 17.8. The third-order valence-electron chi connectivity index (χ3n) is 20.4. The minimum absolute atomic E-state index is 0.00933. The van der Waals surface area contributed by atoms with E-state index in [-0.39, 0.29) is 141 Å². The van der Waals surface area contributed by atoms with E-state index >= 15 is 0 Å². The summed E-state index contributed by atoms with van der Waals surface area (Å²) in [4.78, 5) is 116. The number of nitrogens with one attached hydrogen (secondary N) is 2. The molecule has 105 heavy (non-hydrogen) atoms. The summed E-state index contributed by atoms with van der Waals surface area (Å²) in [6.45, 7) is 6.38. The molecule has 6 aliphatic rings. The van der Waals surface area contributed by atoms with Crippen LogP contribution in [0, 0.1) is 29.1 Å². The number of Topliss-reactive ketones (excluding diaryl/α,β-unsaturated/α-hetero) is 2. The second-order valence-corrected chi connectivity index (χ2v) is 28.0. The van der Waals surface area contributed by atoms with Crippen LogP contribution in [0.25, 0.3) is 5.57 Å². The molecule has 3 N–H and O–H groups in total. The van der Waals surface area contributed by atoms with Gasteiger partial charge in [-0.25, -0.2) is 9.69 Å². The average Bonchev–Trinajstić information content (AvgIpc) is 1.57. The van der Waals surface area contributed by atoms with Crippen LogP contribution in [0.2, 0.25) is 0 Å². The molecule has 5 aliphatic heterocycles. The highest BCUT2D eigenvalue weighted by Gasteiger charge is 2.58. The van der Waals surface area contributed by atoms with Crippen molar-refractivity contribution < 1.29 is 81.4 Å². The van der Waals surface area contributed by atoms with Crippen molar-refractivity contribution in [2.75, 3.05) is 82.6 Å². The quantitative estimate of drug-likeness (QED) is 0.0270. The van der Waals surface area contributed by atoms with Gasteiger partial charge in [-0.15, -0.1) is 0 Å². The molecular weight excluding hydrogens is 1340 g/mol. The van der Waals surface area contributed by atoms with E-state index in [9.17, 15) is 43.5 Å². The van der Waals surface area contributed by atoms with E-state index in [1.165, 1.54) is 33.3 Å². The lowest BCUT2D eigenvalue weighted by atomic mass is 9.89. The second kappa shape index (κ2) is 33.5. The molecule has 23 heteroatoms. The molecule has 1 saturated heterocycles. The minimum Gasteiger partial charge on any atom is -0.497 e. The van der Waals surface area contributed by atoms with Crippen LogP contribution in [-0.2, 0) is 57.8 Å². The molecule has 0 aromatic heterocycles. The number of aliphatic hydroxyl groups is 1. The van der Waals surface area contributed by atoms with Gasteiger partial charge in [0.15, 0.2) is 35.0 Å². The van der Waals surface area contributed by atoms with Crippen LogP contribution in [0.5, 0.6) is 28.7 Å². The van der Waals surface area contributed by atoms with Crippen LogP contribution in [0.15, 0.2) is 128 Å². The molecule has 0 radical (unpaired) electrons. The van der Waals surface area contributed by atoms with Crippen LogP contribution >= 0.6 is 0 Å². The highest BCUT2D eigenvalue weighted by atomic mass is 16.6. The number of aryl methyl sites for hydroxylation is 1. The number of nitrogens with zero attached hydrogens (tertiary/aromatic N) is 4. The van der Waals surface area contributed by atoms with E-state index in [4.69, 9.17) is 37.9 Å². The molecule has 1 spiro atoms. The predicted octanol–water partition coefficient (Wildman–Crippen LogP) is 11.0. The lowest BCUT2D eigenvalue weighted by Crippen LogP contribution is -2.50. The number of carbonyl (C=O) groups is 8. The third-order valence-corrected chi connectivity index (χ3v) is 20.4. The number of anilines is 3. The summed E-state index contributed by atoms with van der Waals surface area (Å²) in [6.07, 6.45) is 5.16. The molecule has 2 fully saturated rings. The molecule has 1 aliphatic carbocycles. The fraction of sp³-hybridized carbons (Fsp3) is 0.415. The van der Waals surface area contributed by atoms with Gasteiger partial charge in [0.1, 0.15) is 30.8 Å². The zero-order chi connectivity index (χ0) is 73.9. The van der Waals surface area contributed by atoms with Gasteiger partial charge in [0, 0.05) is 91.9 Å². The normalized spacial score (nSPS) is 17.8. The number of aliphatic hydroxyl groups excluding tert-OH is 1. The first-order valence-electron chi connectivity index (χ1n) is 36.0. The van der Waals surface area contributed by atoms with E-state index in [0.717, 1.165) is 75.4 Å². The summed E-state index contributed by atoms with van der Waals surface area (Å²) in [5.74, 6) is 5.59. The second-order valence-electron chi connectivity index (χ2n) is 28.0. The fourth-order valence-corrected chi connectivity index (χ4v) is 14.3. The summed E-state index contributed by atoms with van der Waals surface area (Å²) in [7, 11) is 4.62. The number of methoxy groups -OCH3 is 3. The number of amides is 6. The van der Waals surface area contributed by atoms with Crippen LogP contribution in [0.4, 0.5) is 21.9 Å². The maximum atomic E-state index is 14.5. The van der Waals surface area contributed by atoms with Gasteiger partial charge in [0.25, 0.3) is 11.8 Å². The standard InChI is InChI=1S/C82H90N6O17/c1-51(2)65(41-63(90)49-102-38-37-101-34-11-16-62(89)28-31-75(91)86-46-58-15-8-7-13-54(58)20-21-56-14-9-10-17-68(56)86)77(93)83-52(3)76(92)84-60-25-18-53(19-26-60)48-105-81(97)88-69-44-74(72(100-6)43-67(69)79(95)87-50-82(32-33-82)45-70(87)80(88)96)104-36-12-35-103-73-40-57-22-27-61-39-59(55-23-29-64(98-4)30-24-55)47-85(61)78(94)66(57)42-71(73)99-5/h7-10,13-15,17-19,23-26,29-30,40,42-44,47,51-52,61,65,70,80,96H,11-12,16,22,27-28,31-39,41,45-46,48-50H2,1-6H3,(H,83,93)(H,84,92)/t52-,61+,65-,70-,80?/m0/s1. The van der Waals surface area contributed by atoms with Gasteiger partial charge in [-0.3, -0.25) is 33.6 Å². The number of carbonyl (C=O) groups excluding carboxylic acids is 8. The number of ether oxygens (including phenoxy) is 8. The number of ketones is 2. The monoisotopic (exact) mass is 1430 g/mol. The molecule has 5 heterocycles. The Labute approximate surface area is 611 Å². The van der Waals surface area contributed by atoms with E-state index < -0.39 is 42.1 Å². The molecule has 6 amide bonds. The van der Waals surface area contributed by atoms with Gasteiger partial charge < -0.3 is 68.3 Å². The zero-order valence-electron chi connectivity index (χ0n) is 60.2. The Hall–Kier alpha value is -10.5. The summed E-state index contributed by atoms with van der Waals surface area (Å²) in [6, 6.07) is 34.6. The van der Waals surface area contributed by atoms with Gasteiger partial charge >= 0.3 is 6.09 Å². The van der Waals surface area contributed by atoms with Gasteiger partial charge in [-0.2, -0.15) is 0 Å². The largest absolute Gasteiger partial charge is 0.497 e. The van der Waals surface area contributed by atoms with Crippen molar-refractivity contribution in [1.82, 2.24) is 15.1 Å². The van der Waals surface area contributed by atoms with E-state index in [2.05, 4.69) is 22.5 Å². The number of benzene rings is 6. The number of rotatable bonds is 31. The Morgan fingerprint density at radius 2 is 1.36 bits per heavy atom. The third kappa shape index (κ3) is 17.5. The molecule has 6 aromatic rings. The highest BCUT2D eigenvalue weighted by molar-refractivity contribution is 6.06. The van der Waals surface area contributed by atoms with Gasteiger partial charge in [-0.05, 0) is 152 Å². The van der Waals surface area contributed by atoms with E-state index in [0.29, 0.717) is 67.1 Å². The first kappa shape index (κ1) is 74.2. The fourth-order valence-electron chi connectivity index (χ4n) is 14.3. The Bertz CT molecular complexity index is 4350. The number of para-hydroxylation sites is 1. The molecule has 6 aromatic carbocycles. The Kier molecular flexibility index (Phi) is 23.7. The van der Waals surface area contributed by atoms with Crippen molar-refractivity contribution in [3.8, 4) is 40.6 Å². The van der Waals surface area contributed by atoms with E-state index in [1.807, 2.05) is 104 Å². The molecule has 23 nitrogen and oxygen atoms in total. The van der Waals surface area contributed by atoms with Crippen LogP contribution in [-0.4, -0.2) is 154 Å². The minimum atomic E-state index is -1.48. The molecule has 1 saturated carbocycles. The van der Waals surface area contributed by atoms with Gasteiger partial charge in [-0.1, -0.05) is 80.3 Å². The maximum absolute atomic E-state index is 14.5. The first-order valence-corrected chi connectivity index (χ1v) is 36.0. The van der Waals surface area contributed by atoms with Crippen LogP contribution in [0.3, 0.4) is 0 Å². The van der Waals surface area contributed by atoms with Gasteiger partial charge in [0.2, 0.25) is 17.7 Å². The summed E-state index contributed by atoms with van der Waals surface area (Å²) in [5.41, 5.74) is 7.84. The van der Waals surface area contributed by atoms with Crippen molar-refractivity contribution >= 4 is 69.8 Å². The molecule has 0 bridgehead atoms. The molecule has 550 valence electrons. The van der Waals surface area contributed by atoms with Gasteiger partial charge in [0.05, 0.1) is 77.3 Å². The molecule has 5 atom stereocenters. The van der Waals surface area contributed by atoms with Crippen molar-refractivity contribution in [1.29, 1.82) is 0 Å². The highest BCUT2D eigenvalue weighted by Crippen LogP contribution is 2.57. The van der Waals surface area contributed by atoms with Crippen molar-refractivity contribution in [3.05, 3.63) is 172 Å². The van der Waals surface area contributed by atoms with Crippen molar-refractivity contribution in [2.45, 2.75) is 135 Å². The predicted molar refractivity (Wildman–Crippen MR) is 391 cm³/mol. The lowest BCUT2D eigenvalue weighted by molar-refractivity contribution is -0.134. The first-order chi connectivity index (χ1) is 50.8.